The first kappa shape index (κ1) is 23.6. The Labute approximate surface area is 190 Å². The van der Waals surface area contributed by atoms with Crippen LogP contribution < -0.4 is 14.8 Å². The van der Waals surface area contributed by atoms with Crippen molar-refractivity contribution in [3.63, 3.8) is 0 Å². The second-order valence-electron chi connectivity index (χ2n) is 8.16. The van der Waals surface area contributed by atoms with Gasteiger partial charge in [0, 0.05) is 19.1 Å². The van der Waals surface area contributed by atoms with Gasteiger partial charge in [-0.1, -0.05) is 37.6 Å². The van der Waals surface area contributed by atoms with E-state index in [0.717, 1.165) is 42.7 Å². The quantitative estimate of drug-likeness (QED) is 0.613. The number of carbonyl (C=O) groups is 2. The van der Waals surface area contributed by atoms with Crippen LogP contribution in [0.2, 0.25) is 0 Å². The number of piperidine rings is 1. The fourth-order valence-corrected chi connectivity index (χ4v) is 3.88. The fraction of sp³-hybridized carbons (Fsp3) is 0.462. The third-order valence-electron chi connectivity index (χ3n) is 5.64. The van der Waals surface area contributed by atoms with Crippen LogP contribution in [-0.4, -0.2) is 49.1 Å². The Balaban J connectivity index is 1.36. The summed E-state index contributed by atoms with van der Waals surface area (Å²) in [6, 6.07) is 15.6. The minimum Gasteiger partial charge on any atom is -0.494 e. The zero-order chi connectivity index (χ0) is 22.8. The molecule has 6 heteroatoms. The first-order valence-corrected chi connectivity index (χ1v) is 11.6. The van der Waals surface area contributed by atoms with Gasteiger partial charge in [-0.3, -0.25) is 9.59 Å². The molecule has 0 aliphatic carbocycles. The average Bonchev–Trinajstić information content (AvgIpc) is 2.80. The number of ether oxygens (including phenoxy) is 2. The van der Waals surface area contributed by atoms with Crippen LogP contribution in [0.1, 0.15) is 44.2 Å². The first-order chi connectivity index (χ1) is 15.6. The van der Waals surface area contributed by atoms with E-state index in [4.69, 9.17) is 9.47 Å². The molecular weight excluding hydrogens is 404 g/mol. The average molecular weight is 439 g/mol. The third kappa shape index (κ3) is 7.29. The number of carbonyl (C=O) groups excluding carboxylic acids is 2. The van der Waals surface area contributed by atoms with Gasteiger partial charge < -0.3 is 19.7 Å². The van der Waals surface area contributed by atoms with Crippen molar-refractivity contribution in [3.8, 4) is 11.5 Å². The highest BCUT2D eigenvalue weighted by molar-refractivity contribution is 5.79. The molecule has 0 atom stereocenters. The molecule has 0 unspecified atom stereocenters. The molecule has 0 saturated carbocycles. The summed E-state index contributed by atoms with van der Waals surface area (Å²) in [4.78, 5) is 26.7. The van der Waals surface area contributed by atoms with Crippen LogP contribution in [0.4, 0.5) is 0 Å². The van der Waals surface area contributed by atoms with E-state index in [9.17, 15) is 9.59 Å². The van der Waals surface area contributed by atoms with E-state index in [1.54, 1.807) is 0 Å². The van der Waals surface area contributed by atoms with Crippen molar-refractivity contribution in [3.05, 3.63) is 59.7 Å². The maximum absolute atomic E-state index is 12.5. The normalized spacial score (nSPS) is 14.1. The highest BCUT2D eigenvalue weighted by Crippen LogP contribution is 2.16. The van der Waals surface area contributed by atoms with Gasteiger partial charge in [-0.05, 0) is 61.6 Å². The van der Waals surface area contributed by atoms with Crippen LogP contribution in [0.25, 0.3) is 0 Å². The summed E-state index contributed by atoms with van der Waals surface area (Å²) in [6.45, 7) is 6.03. The zero-order valence-electron chi connectivity index (χ0n) is 19.1. The Morgan fingerprint density at radius 2 is 1.50 bits per heavy atom. The van der Waals surface area contributed by atoms with Gasteiger partial charge >= 0.3 is 0 Å². The van der Waals surface area contributed by atoms with Crippen molar-refractivity contribution < 1.29 is 19.1 Å². The van der Waals surface area contributed by atoms with Crippen LogP contribution in [0.15, 0.2) is 48.5 Å². The van der Waals surface area contributed by atoms with Crippen molar-refractivity contribution in [2.24, 2.45) is 0 Å². The minimum atomic E-state index is -0.0122. The zero-order valence-corrected chi connectivity index (χ0v) is 19.1. The molecule has 1 saturated heterocycles. The van der Waals surface area contributed by atoms with Crippen molar-refractivity contribution in [1.82, 2.24) is 10.2 Å². The molecular formula is C26H34N2O4. The molecule has 2 aromatic rings. The van der Waals surface area contributed by atoms with E-state index in [0.29, 0.717) is 26.1 Å². The summed E-state index contributed by atoms with van der Waals surface area (Å²) in [7, 11) is 0. The number of likely N-dealkylation sites (tertiary alicyclic amines) is 1. The summed E-state index contributed by atoms with van der Waals surface area (Å²) >= 11 is 0. The maximum atomic E-state index is 12.5. The second-order valence-corrected chi connectivity index (χ2v) is 8.16. The molecule has 1 fully saturated rings. The third-order valence-corrected chi connectivity index (χ3v) is 5.64. The summed E-state index contributed by atoms with van der Waals surface area (Å²) in [5, 5.41) is 3.10. The Hall–Kier alpha value is -3.02. The van der Waals surface area contributed by atoms with E-state index < -0.39 is 0 Å². The van der Waals surface area contributed by atoms with Crippen molar-refractivity contribution in [2.75, 3.05) is 26.3 Å². The van der Waals surface area contributed by atoms with Gasteiger partial charge in [0.15, 0.2) is 6.61 Å². The van der Waals surface area contributed by atoms with E-state index in [2.05, 4.69) is 12.2 Å². The topological polar surface area (TPSA) is 67.9 Å². The largest absolute Gasteiger partial charge is 0.494 e. The predicted molar refractivity (Wildman–Crippen MR) is 125 cm³/mol. The predicted octanol–water partition coefficient (Wildman–Crippen LogP) is 3.77. The van der Waals surface area contributed by atoms with Gasteiger partial charge in [-0.2, -0.15) is 0 Å². The van der Waals surface area contributed by atoms with Crippen LogP contribution in [0, 0.1) is 0 Å². The molecule has 1 aliphatic rings. The summed E-state index contributed by atoms with van der Waals surface area (Å²) < 4.78 is 11.1. The number of aryl methyl sites for hydroxylation is 1. The van der Waals surface area contributed by atoms with Gasteiger partial charge in [0.1, 0.15) is 11.5 Å². The summed E-state index contributed by atoms with van der Waals surface area (Å²) in [5.74, 6) is 1.52. The first-order valence-electron chi connectivity index (χ1n) is 11.6. The van der Waals surface area contributed by atoms with Crippen molar-refractivity contribution >= 4 is 11.8 Å². The van der Waals surface area contributed by atoms with Gasteiger partial charge in [0.05, 0.1) is 13.0 Å². The molecule has 2 aromatic carbocycles. The van der Waals surface area contributed by atoms with E-state index in [1.807, 2.05) is 60.4 Å². The Bertz CT molecular complexity index is 856. The summed E-state index contributed by atoms with van der Waals surface area (Å²) in [6.07, 6.45) is 4.01. The van der Waals surface area contributed by atoms with E-state index in [-0.39, 0.29) is 24.5 Å². The summed E-state index contributed by atoms with van der Waals surface area (Å²) in [5.41, 5.74) is 2.23. The number of nitrogens with zero attached hydrogens (tertiary/aromatic N) is 1. The molecule has 2 amide bonds. The molecule has 0 spiro atoms. The number of amides is 2. The molecule has 3 rings (SSSR count). The monoisotopic (exact) mass is 438 g/mol. The number of nitrogens with one attached hydrogen (secondary N) is 1. The molecule has 1 aliphatic heterocycles. The highest BCUT2D eigenvalue weighted by atomic mass is 16.5. The van der Waals surface area contributed by atoms with E-state index in [1.165, 1.54) is 5.56 Å². The van der Waals surface area contributed by atoms with Crippen LogP contribution >= 0.6 is 0 Å². The minimum absolute atomic E-state index is 0.00814. The smallest absolute Gasteiger partial charge is 0.260 e. The van der Waals surface area contributed by atoms with E-state index >= 15 is 0 Å². The molecule has 172 valence electrons. The Morgan fingerprint density at radius 3 is 2.09 bits per heavy atom. The Kier molecular flexibility index (Phi) is 8.96. The van der Waals surface area contributed by atoms with Gasteiger partial charge in [0.25, 0.3) is 5.91 Å². The molecule has 0 radical (unpaired) electrons. The van der Waals surface area contributed by atoms with Crippen LogP contribution in [0.5, 0.6) is 11.5 Å². The molecule has 1 heterocycles. The molecule has 32 heavy (non-hydrogen) atoms. The lowest BCUT2D eigenvalue weighted by atomic mass is 10.0. The lowest BCUT2D eigenvalue weighted by Gasteiger charge is -2.32. The standard InChI is InChI=1S/C26H34N2O4/c1-3-5-20-6-10-24(11-7-20)32-19-26(30)28-16-14-22(15-17-28)27-25(29)18-21-8-12-23(13-9-21)31-4-2/h6-13,22H,3-5,14-19H2,1-2H3,(H,27,29). The maximum Gasteiger partial charge on any atom is 0.260 e. The Morgan fingerprint density at radius 1 is 0.906 bits per heavy atom. The lowest BCUT2D eigenvalue weighted by molar-refractivity contribution is -0.134. The molecule has 1 N–H and O–H groups in total. The van der Waals surface area contributed by atoms with Gasteiger partial charge in [-0.25, -0.2) is 0 Å². The molecule has 0 bridgehead atoms. The second kappa shape index (κ2) is 12.1. The highest BCUT2D eigenvalue weighted by Gasteiger charge is 2.24. The van der Waals surface area contributed by atoms with Crippen molar-refractivity contribution in [2.45, 2.75) is 52.0 Å². The number of hydrogen-bond acceptors (Lipinski definition) is 4. The van der Waals surface area contributed by atoms with Crippen molar-refractivity contribution in [1.29, 1.82) is 0 Å². The number of benzene rings is 2. The van der Waals surface area contributed by atoms with Crippen LogP contribution in [0.3, 0.4) is 0 Å². The fourth-order valence-electron chi connectivity index (χ4n) is 3.88. The van der Waals surface area contributed by atoms with Crippen LogP contribution in [-0.2, 0) is 22.4 Å². The number of rotatable bonds is 10. The molecule has 6 nitrogen and oxygen atoms in total. The van der Waals surface area contributed by atoms with Gasteiger partial charge in [0.2, 0.25) is 5.91 Å². The SMILES string of the molecule is CCCc1ccc(OCC(=O)N2CCC(NC(=O)Cc3ccc(OCC)cc3)CC2)cc1. The number of hydrogen-bond donors (Lipinski definition) is 1. The molecule has 0 aromatic heterocycles. The van der Waals surface area contributed by atoms with Gasteiger partial charge in [-0.15, -0.1) is 0 Å². The lowest BCUT2D eigenvalue weighted by Crippen LogP contribution is -2.48.